The lowest BCUT2D eigenvalue weighted by Crippen LogP contribution is -2.36. The molecule has 1 amide bonds. The van der Waals surface area contributed by atoms with Crippen LogP contribution in [0.3, 0.4) is 0 Å². The van der Waals surface area contributed by atoms with Crippen molar-refractivity contribution < 1.29 is 18.8 Å². The number of rotatable bonds is 8. The van der Waals surface area contributed by atoms with Gasteiger partial charge in [-0.1, -0.05) is 30.0 Å². The topological polar surface area (TPSA) is 115 Å². The Kier molecular flexibility index (Phi) is 7.27. The van der Waals surface area contributed by atoms with E-state index >= 15 is 0 Å². The molecule has 0 unspecified atom stereocenters. The fourth-order valence-electron chi connectivity index (χ4n) is 3.35. The van der Waals surface area contributed by atoms with Crippen LogP contribution < -0.4 is 5.32 Å². The maximum Gasteiger partial charge on any atom is 0.306 e. The number of ether oxygens (including phenoxy) is 1. The minimum absolute atomic E-state index is 0.00625. The number of para-hydroxylation sites is 1. The number of carbonyl (C=O) groups excluding carboxylic acids is 1. The zero-order valence-corrected chi connectivity index (χ0v) is 18.3. The number of hydrogen-bond donors (Lipinski definition) is 1. The molecule has 4 rings (SSSR count). The molecule has 0 atom stereocenters. The van der Waals surface area contributed by atoms with Gasteiger partial charge < -0.3 is 10.1 Å². The Morgan fingerprint density at radius 2 is 1.94 bits per heavy atom. The third kappa shape index (κ3) is 5.72. The van der Waals surface area contributed by atoms with Crippen LogP contribution in [0.25, 0.3) is 5.69 Å². The summed E-state index contributed by atoms with van der Waals surface area (Å²) < 4.78 is 20.8. The van der Waals surface area contributed by atoms with Crippen LogP contribution in [0.5, 0.6) is 0 Å². The molecule has 3 aromatic rings. The van der Waals surface area contributed by atoms with Crippen LogP contribution in [0.1, 0.15) is 5.82 Å². The minimum atomic E-state index is -0.962. The number of thioether (sulfide) groups is 1. The molecule has 0 saturated carbocycles. The van der Waals surface area contributed by atoms with Gasteiger partial charge in [0.05, 0.1) is 30.4 Å². The number of nitro benzene ring substituents is 1. The maximum absolute atomic E-state index is 13.5. The highest BCUT2D eigenvalue weighted by Crippen LogP contribution is 2.25. The first-order chi connectivity index (χ1) is 16.0. The Labute approximate surface area is 192 Å². The molecule has 33 heavy (non-hydrogen) atoms. The van der Waals surface area contributed by atoms with E-state index in [-0.39, 0.29) is 11.4 Å². The molecule has 1 fully saturated rings. The molecule has 1 saturated heterocycles. The van der Waals surface area contributed by atoms with Crippen LogP contribution in [0, 0.1) is 15.9 Å². The SMILES string of the molecule is O=C(CSc1nnc(CN2CCOCC2)n1-c1ccccc1)Nc1ccc(F)c([N+](=O)[O-])c1. The second-order valence-electron chi connectivity index (χ2n) is 7.22. The van der Waals surface area contributed by atoms with Gasteiger partial charge in [-0.05, 0) is 24.3 Å². The largest absolute Gasteiger partial charge is 0.379 e. The molecule has 0 radical (unpaired) electrons. The fourth-order valence-corrected chi connectivity index (χ4v) is 4.12. The molecule has 12 heteroatoms. The number of amides is 1. The summed E-state index contributed by atoms with van der Waals surface area (Å²) in [6.45, 7) is 3.54. The zero-order valence-electron chi connectivity index (χ0n) is 17.5. The smallest absolute Gasteiger partial charge is 0.306 e. The molecule has 2 heterocycles. The Bertz CT molecular complexity index is 1140. The van der Waals surface area contributed by atoms with Crippen molar-refractivity contribution in [3.05, 3.63) is 70.3 Å². The third-order valence-corrected chi connectivity index (χ3v) is 5.87. The zero-order chi connectivity index (χ0) is 23.2. The number of anilines is 1. The van der Waals surface area contributed by atoms with E-state index in [0.717, 1.165) is 36.7 Å². The van der Waals surface area contributed by atoms with Gasteiger partial charge in [-0.25, -0.2) is 0 Å². The van der Waals surface area contributed by atoms with Crippen molar-refractivity contribution in [3.8, 4) is 5.69 Å². The average molecular weight is 473 g/mol. The molecule has 172 valence electrons. The Morgan fingerprint density at radius 3 is 2.67 bits per heavy atom. The van der Waals surface area contributed by atoms with Crippen molar-refractivity contribution in [1.29, 1.82) is 0 Å². The highest BCUT2D eigenvalue weighted by Gasteiger charge is 2.20. The molecule has 10 nitrogen and oxygen atoms in total. The molecular weight excluding hydrogens is 451 g/mol. The molecular formula is C21H21FN6O4S. The number of aromatic nitrogens is 3. The summed E-state index contributed by atoms with van der Waals surface area (Å²) in [6, 6.07) is 12.8. The van der Waals surface area contributed by atoms with E-state index in [4.69, 9.17) is 4.74 Å². The molecule has 1 aliphatic rings. The number of benzene rings is 2. The molecule has 1 N–H and O–H groups in total. The lowest BCUT2D eigenvalue weighted by Gasteiger charge is -2.26. The average Bonchev–Trinajstić information content (AvgIpc) is 3.22. The number of nitro groups is 1. The van der Waals surface area contributed by atoms with E-state index in [1.807, 2.05) is 34.9 Å². The number of carbonyl (C=O) groups is 1. The Hall–Kier alpha value is -3.35. The van der Waals surface area contributed by atoms with Crippen LogP contribution >= 0.6 is 11.8 Å². The van der Waals surface area contributed by atoms with Crippen LogP contribution in [0.15, 0.2) is 53.7 Å². The highest BCUT2D eigenvalue weighted by atomic mass is 32.2. The lowest BCUT2D eigenvalue weighted by atomic mass is 10.2. The van der Waals surface area contributed by atoms with E-state index < -0.39 is 22.3 Å². The molecule has 1 aliphatic heterocycles. The predicted octanol–water partition coefficient (Wildman–Crippen LogP) is 2.88. The summed E-state index contributed by atoms with van der Waals surface area (Å²) in [6.07, 6.45) is 0. The Morgan fingerprint density at radius 1 is 1.18 bits per heavy atom. The molecule has 0 bridgehead atoms. The van der Waals surface area contributed by atoms with Gasteiger partial charge >= 0.3 is 5.69 Å². The predicted molar refractivity (Wildman–Crippen MR) is 120 cm³/mol. The van der Waals surface area contributed by atoms with E-state index in [0.29, 0.717) is 24.9 Å². The lowest BCUT2D eigenvalue weighted by molar-refractivity contribution is -0.387. The molecule has 1 aromatic heterocycles. The number of nitrogens with one attached hydrogen (secondary N) is 1. The Balaban J connectivity index is 1.48. The standard InChI is InChI=1S/C21H21FN6O4S/c22-17-7-6-15(12-18(17)28(30)31)23-20(29)14-33-21-25-24-19(13-26-8-10-32-11-9-26)27(21)16-4-2-1-3-5-16/h1-7,12H,8-11,13-14H2,(H,23,29). The number of nitrogens with zero attached hydrogens (tertiary/aromatic N) is 5. The van der Waals surface area contributed by atoms with Gasteiger partial charge in [-0.2, -0.15) is 4.39 Å². The summed E-state index contributed by atoms with van der Waals surface area (Å²) in [4.78, 5) is 24.8. The van der Waals surface area contributed by atoms with Crippen molar-refractivity contribution in [2.45, 2.75) is 11.7 Å². The number of morpholine rings is 1. The van der Waals surface area contributed by atoms with Crippen LogP contribution in [0.4, 0.5) is 15.8 Å². The summed E-state index contributed by atoms with van der Waals surface area (Å²) in [5, 5.41) is 22.6. The monoisotopic (exact) mass is 472 g/mol. The summed E-state index contributed by atoms with van der Waals surface area (Å²) in [7, 11) is 0. The van der Waals surface area contributed by atoms with E-state index in [9.17, 15) is 19.3 Å². The fraction of sp³-hybridized carbons (Fsp3) is 0.286. The number of halogens is 1. The van der Waals surface area contributed by atoms with Gasteiger partial charge in [-0.15, -0.1) is 10.2 Å². The summed E-state index contributed by atoms with van der Waals surface area (Å²) in [5.74, 6) is -0.622. The maximum atomic E-state index is 13.5. The van der Waals surface area contributed by atoms with Crippen molar-refractivity contribution >= 4 is 29.0 Å². The van der Waals surface area contributed by atoms with Crippen LogP contribution in [-0.4, -0.2) is 62.6 Å². The summed E-state index contributed by atoms with van der Waals surface area (Å²) in [5.41, 5.74) is 0.325. The normalized spacial score (nSPS) is 14.2. The second kappa shape index (κ2) is 10.5. The van der Waals surface area contributed by atoms with Gasteiger partial charge in [0.15, 0.2) is 11.0 Å². The number of hydrogen-bond acceptors (Lipinski definition) is 8. The van der Waals surface area contributed by atoms with E-state index in [2.05, 4.69) is 20.4 Å². The van der Waals surface area contributed by atoms with E-state index in [1.54, 1.807) is 0 Å². The van der Waals surface area contributed by atoms with Crippen molar-refractivity contribution in [2.75, 3.05) is 37.4 Å². The van der Waals surface area contributed by atoms with Crippen LogP contribution in [0.2, 0.25) is 0 Å². The van der Waals surface area contributed by atoms with Crippen molar-refractivity contribution in [2.24, 2.45) is 0 Å². The molecule has 0 spiro atoms. The summed E-state index contributed by atoms with van der Waals surface area (Å²) >= 11 is 1.19. The third-order valence-electron chi connectivity index (χ3n) is 4.94. The first kappa shape index (κ1) is 22.8. The first-order valence-corrected chi connectivity index (χ1v) is 11.2. The second-order valence-corrected chi connectivity index (χ2v) is 8.16. The van der Waals surface area contributed by atoms with Crippen molar-refractivity contribution in [1.82, 2.24) is 19.7 Å². The first-order valence-electron chi connectivity index (χ1n) is 10.2. The van der Waals surface area contributed by atoms with E-state index in [1.165, 1.54) is 17.8 Å². The van der Waals surface area contributed by atoms with Crippen molar-refractivity contribution in [3.63, 3.8) is 0 Å². The van der Waals surface area contributed by atoms with Gasteiger partial charge in [0, 0.05) is 30.5 Å². The molecule has 0 aliphatic carbocycles. The van der Waals surface area contributed by atoms with Gasteiger partial charge in [0.2, 0.25) is 11.7 Å². The minimum Gasteiger partial charge on any atom is -0.379 e. The van der Waals surface area contributed by atoms with Gasteiger partial charge in [-0.3, -0.25) is 24.4 Å². The molecule has 2 aromatic carbocycles. The van der Waals surface area contributed by atoms with Gasteiger partial charge in [0.25, 0.3) is 0 Å². The van der Waals surface area contributed by atoms with Gasteiger partial charge in [0.1, 0.15) is 0 Å². The quantitative estimate of drug-likeness (QED) is 0.302. The highest BCUT2D eigenvalue weighted by molar-refractivity contribution is 7.99. The van der Waals surface area contributed by atoms with Crippen LogP contribution in [-0.2, 0) is 16.1 Å².